The summed E-state index contributed by atoms with van der Waals surface area (Å²) in [5.41, 5.74) is 0.347. The van der Waals surface area contributed by atoms with Crippen molar-refractivity contribution in [3.63, 3.8) is 0 Å². The zero-order chi connectivity index (χ0) is 20.1. The lowest BCUT2D eigenvalue weighted by atomic mass is 10.1. The first-order valence-electron chi connectivity index (χ1n) is 9.45. The fourth-order valence-corrected chi connectivity index (χ4v) is 4.15. The third-order valence-electron chi connectivity index (χ3n) is 4.51. The highest BCUT2D eigenvalue weighted by molar-refractivity contribution is 7.92. The molecule has 1 aliphatic heterocycles. The average molecular weight is 406 g/mol. The minimum atomic E-state index is -3.76. The van der Waals surface area contributed by atoms with E-state index in [2.05, 4.69) is 19.6 Å². The first-order chi connectivity index (χ1) is 13.4. The summed E-state index contributed by atoms with van der Waals surface area (Å²) in [7, 11) is -0.104. The number of piperidine rings is 1. The number of ether oxygens (including phenoxy) is 1. The number of nitrogens with one attached hydrogen (secondary N) is 1. The van der Waals surface area contributed by atoms with Crippen LogP contribution in [0.1, 0.15) is 26.2 Å². The van der Waals surface area contributed by atoms with Gasteiger partial charge in [-0.25, -0.2) is 13.4 Å². The standard InChI is InChI=1S/C19H27N5O3S/c1-4-27-15-8-10-16(11-9-15)28(25,26)22-17-14-20-19(21-18(17)23(2)3)24-12-6-5-7-13-24/h8-11,14,22H,4-7,12-13H2,1-3H3. The van der Waals surface area contributed by atoms with Crippen molar-refractivity contribution in [2.75, 3.05) is 48.3 Å². The Morgan fingerprint density at radius 2 is 1.82 bits per heavy atom. The lowest BCUT2D eigenvalue weighted by molar-refractivity contribution is 0.340. The Kier molecular flexibility index (Phi) is 6.23. The first-order valence-corrected chi connectivity index (χ1v) is 10.9. The predicted molar refractivity (Wildman–Crippen MR) is 111 cm³/mol. The summed E-state index contributed by atoms with van der Waals surface area (Å²) >= 11 is 0. The van der Waals surface area contributed by atoms with Crippen LogP contribution in [0.5, 0.6) is 5.75 Å². The smallest absolute Gasteiger partial charge is 0.262 e. The van der Waals surface area contributed by atoms with Crippen LogP contribution in [-0.4, -0.2) is 52.2 Å². The van der Waals surface area contributed by atoms with E-state index < -0.39 is 10.0 Å². The molecule has 1 aromatic carbocycles. The molecule has 152 valence electrons. The largest absolute Gasteiger partial charge is 0.494 e. The summed E-state index contributed by atoms with van der Waals surface area (Å²) in [5, 5.41) is 0. The van der Waals surface area contributed by atoms with Gasteiger partial charge in [-0.2, -0.15) is 4.98 Å². The number of hydrogen-bond donors (Lipinski definition) is 1. The number of nitrogens with zero attached hydrogens (tertiary/aromatic N) is 4. The molecule has 0 bridgehead atoms. The Morgan fingerprint density at radius 1 is 1.14 bits per heavy atom. The van der Waals surface area contributed by atoms with Crippen molar-refractivity contribution < 1.29 is 13.2 Å². The van der Waals surface area contributed by atoms with Crippen molar-refractivity contribution in [2.45, 2.75) is 31.1 Å². The maximum Gasteiger partial charge on any atom is 0.262 e. The van der Waals surface area contributed by atoms with Crippen LogP contribution in [0, 0.1) is 0 Å². The van der Waals surface area contributed by atoms with Crippen LogP contribution in [0.2, 0.25) is 0 Å². The van der Waals surface area contributed by atoms with E-state index >= 15 is 0 Å². The molecular weight excluding hydrogens is 378 g/mol. The number of hydrogen-bond acceptors (Lipinski definition) is 7. The number of benzene rings is 1. The van der Waals surface area contributed by atoms with Crippen molar-refractivity contribution >= 4 is 27.5 Å². The molecule has 1 saturated heterocycles. The van der Waals surface area contributed by atoms with Crippen molar-refractivity contribution in [2.24, 2.45) is 0 Å². The van der Waals surface area contributed by atoms with Crippen molar-refractivity contribution in [3.8, 4) is 5.75 Å². The maximum absolute atomic E-state index is 12.8. The molecule has 9 heteroatoms. The highest BCUT2D eigenvalue weighted by atomic mass is 32.2. The molecule has 0 aliphatic carbocycles. The summed E-state index contributed by atoms with van der Waals surface area (Å²) in [4.78, 5) is 13.1. The van der Waals surface area contributed by atoms with Gasteiger partial charge in [0.1, 0.15) is 11.4 Å². The van der Waals surface area contributed by atoms with Crippen LogP contribution in [0.4, 0.5) is 17.5 Å². The molecule has 0 unspecified atom stereocenters. The average Bonchev–Trinajstić information content (AvgIpc) is 2.69. The van der Waals surface area contributed by atoms with Gasteiger partial charge in [-0.15, -0.1) is 0 Å². The Labute approximate surface area is 166 Å². The van der Waals surface area contributed by atoms with E-state index in [0.717, 1.165) is 25.9 Å². The van der Waals surface area contributed by atoms with Gasteiger partial charge in [0.15, 0.2) is 5.82 Å². The molecule has 2 heterocycles. The zero-order valence-corrected chi connectivity index (χ0v) is 17.4. The molecule has 0 radical (unpaired) electrons. The summed E-state index contributed by atoms with van der Waals surface area (Å²) in [6.45, 7) is 4.24. The number of anilines is 3. The zero-order valence-electron chi connectivity index (χ0n) is 16.6. The first kappa shape index (κ1) is 20.2. The third-order valence-corrected chi connectivity index (χ3v) is 5.89. The second-order valence-corrected chi connectivity index (χ2v) is 8.54. The molecule has 2 aromatic rings. The van der Waals surface area contributed by atoms with Gasteiger partial charge in [0, 0.05) is 27.2 Å². The summed E-state index contributed by atoms with van der Waals surface area (Å²) in [5.74, 6) is 1.79. The Bertz CT molecular complexity index is 894. The Hall–Kier alpha value is -2.55. The van der Waals surface area contributed by atoms with Crippen molar-refractivity contribution in [1.82, 2.24) is 9.97 Å². The highest BCUT2D eigenvalue weighted by Crippen LogP contribution is 2.27. The quantitative estimate of drug-likeness (QED) is 0.758. The van der Waals surface area contributed by atoms with E-state index in [4.69, 9.17) is 4.74 Å². The second-order valence-electron chi connectivity index (χ2n) is 6.86. The van der Waals surface area contributed by atoms with Gasteiger partial charge in [0.25, 0.3) is 10.0 Å². The van der Waals surface area contributed by atoms with E-state index in [1.54, 1.807) is 23.2 Å². The fourth-order valence-electron chi connectivity index (χ4n) is 3.11. The lowest BCUT2D eigenvalue weighted by Gasteiger charge is -2.28. The molecule has 0 amide bonds. The molecule has 8 nitrogen and oxygen atoms in total. The van der Waals surface area contributed by atoms with Gasteiger partial charge in [-0.3, -0.25) is 4.72 Å². The summed E-state index contributed by atoms with van der Waals surface area (Å²) in [6, 6.07) is 6.32. The Morgan fingerprint density at radius 3 is 2.43 bits per heavy atom. The molecule has 1 fully saturated rings. The monoisotopic (exact) mass is 405 g/mol. The van der Waals surface area contributed by atoms with Crippen LogP contribution >= 0.6 is 0 Å². The van der Waals surface area contributed by atoms with Crippen LogP contribution in [-0.2, 0) is 10.0 Å². The van der Waals surface area contributed by atoms with Gasteiger partial charge in [0.2, 0.25) is 5.95 Å². The van der Waals surface area contributed by atoms with E-state index in [1.165, 1.54) is 18.6 Å². The van der Waals surface area contributed by atoms with Crippen LogP contribution in [0.3, 0.4) is 0 Å². The molecule has 0 saturated carbocycles. The number of aromatic nitrogens is 2. The molecule has 0 atom stereocenters. The molecule has 1 aromatic heterocycles. The lowest BCUT2D eigenvalue weighted by Crippen LogP contribution is -2.31. The maximum atomic E-state index is 12.8. The van der Waals surface area contributed by atoms with E-state index in [0.29, 0.717) is 29.8 Å². The molecule has 3 rings (SSSR count). The van der Waals surface area contributed by atoms with E-state index in [-0.39, 0.29) is 4.90 Å². The fraction of sp³-hybridized carbons (Fsp3) is 0.474. The van der Waals surface area contributed by atoms with Crippen molar-refractivity contribution in [3.05, 3.63) is 30.5 Å². The van der Waals surface area contributed by atoms with Crippen LogP contribution < -0.4 is 19.3 Å². The molecular formula is C19H27N5O3S. The second kappa shape index (κ2) is 8.64. The normalized spacial score (nSPS) is 14.6. The third kappa shape index (κ3) is 4.64. The number of rotatable bonds is 7. The van der Waals surface area contributed by atoms with Gasteiger partial charge < -0.3 is 14.5 Å². The topological polar surface area (TPSA) is 87.7 Å². The van der Waals surface area contributed by atoms with Crippen LogP contribution in [0.25, 0.3) is 0 Å². The minimum Gasteiger partial charge on any atom is -0.494 e. The highest BCUT2D eigenvalue weighted by Gasteiger charge is 2.21. The minimum absolute atomic E-state index is 0.153. The van der Waals surface area contributed by atoms with Gasteiger partial charge >= 0.3 is 0 Å². The summed E-state index contributed by atoms with van der Waals surface area (Å²) < 4.78 is 33.6. The summed E-state index contributed by atoms with van der Waals surface area (Å²) in [6.07, 6.45) is 4.99. The predicted octanol–water partition coefficient (Wildman–Crippen LogP) is 2.73. The molecule has 0 spiro atoms. The molecule has 1 N–H and O–H groups in total. The van der Waals surface area contributed by atoms with E-state index in [9.17, 15) is 8.42 Å². The number of sulfonamides is 1. The SMILES string of the molecule is CCOc1ccc(S(=O)(=O)Nc2cnc(N3CCCCC3)nc2N(C)C)cc1. The molecule has 1 aliphatic rings. The van der Waals surface area contributed by atoms with Gasteiger partial charge in [0.05, 0.1) is 17.7 Å². The van der Waals surface area contributed by atoms with Crippen molar-refractivity contribution in [1.29, 1.82) is 0 Å². The Balaban J connectivity index is 1.85. The van der Waals surface area contributed by atoms with Gasteiger partial charge in [-0.1, -0.05) is 0 Å². The van der Waals surface area contributed by atoms with Crippen LogP contribution in [0.15, 0.2) is 35.4 Å². The molecule has 28 heavy (non-hydrogen) atoms. The van der Waals surface area contributed by atoms with Gasteiger partial charge in [-0.05, 0) is 50.5 Å². The van der Waals surface area contributed by atoms with E-state index in [1.807, 2.05) is 21.0 Å².